The Balaban J connectivity index is 2.52. The van der Waals surface area contributed by atoms with Crippen LogP contribution in [0.5, 0.6) is 0 Å². The molecule has 0 aliphatic heterocycles. The second-order valence-electron chi connectivity index (χ2n) is 5.54. The van der Waals surface area contributed by atoms with Crippen molar-refractivity contribution < 1.29 is 9.90 Å². The van der Waals surface area contributed by atoms with Gasteiger partial charge in [-0.3, -0.25) is 4.79 Å². The first-order valence-electron chi connectivity index (χ1n) is 6.77. The second-order valence-corrected chi connectivity index (χ2v) is 5.54. The van der Waals surface area contributed by atoms with Crippen molar-refractivity contribution in [1.29, 1.82) is 0 Å². The van der Waals surface area contributed by atoms with E-state index in [9.17, 15) is 9.90 Å². The Bertz CT molecular complexity index is 617. The number of nitrogens with zero attached hydrogens (tertiary/aromatic N) is 2. The molecule has 0 saturated heterocycles. The van der Waals surface area contributed by atoms with E-state index in [1.54, 1.807) is 13.8 Å². The normalized spacial score (nSPS) is 11.6. The Morgan fingerprint density at radius 2 is 2.05 bits per heavy atom. The van der Waals surface area contributed by atoms with Gasteiger partial charge in [0.05, 0.1) is 16.7 Å². The van der Waals surface area contributed by atoms with Gasteiger partial charge in [-0.1, -0.05) is 18.2 Å². The van der Waals surface area contributed by atoms with E-state index < -0.39 is 5.60 Å². The van der Waals surface area contributed by atoms with E-state index in [0.29, 0.717) is 24.5 Å². The highest BCUT2D eigenvalue weighted by Crippen LogP contribution is 2.23. The zero-order chi connectivity index (χ0) is 14.8. The Hall–Kier alpha value is -1.94. The molecule has 1 aromatic carbocycles. The van der Waals surface area contributed by atoms with E-state index in [0.717, 1.165) is 17.2 Å². The third kappa shape index (κ3) is 3.14. The van der Waals surface area contributed by atoms with Gasteiger partial charge in [-0.05, 0) is 32.9 Å². The number of hydrogen-bond acceptors (Lipinski definition) is 4. The summed E-state index contributed by atoms with van der Waals surface area (Å²) >= 11 is 0. The van der Waals surface area contributed by atoms with Crippen molar-refractivity contribution in [2.75, 3.05) is 18.0 Å². The summed E-state index contributed by atoms with van der Waals surface area (Å²) in [7, 11) is 0. The number of likely N-dealkylation sites (N-methyl/N-ethyl adjacent to an activating group) is 1. The lowest BCUT2D eigenvalue weighted by Crippen LogP contribution is -2.39. The van der Waals surface area contributed by atoms with Gasteiger partial charge in [0.25, 0.3) is 0 Å². The molecule has 0 unspecified atom stereocenters. The third-order valence-electron chi connectivity index (χ3n) is 3.12. The van der Waals surface area contributed by atoms with Crippen LogP contribution in [0.15, 0.2) is 30.3 Å². The van der Waals surface area contributed by atoms with Gasteiger partial charge in [-0.2, -0.15) is 0 Å². The Kier molecular flexibility index (Phi) is 4.04. The third-order valence-corrected chi connectivity index (χ3v) is 3.12. The summed E-state index contributed by atoms with van der Waals surface area (Å²) < 4.78 is 0. The molecule has 0 aliphatic rings. The molecule has 1 aromatic heterocycles. The smallest absolute Gasteiger partial charge is 0.153 e. The number of pyridine rings is 1. The predicted octanol–water partition coefficient (Wildman–Crippen LogP) is 2.64. The van der Waals surface area contributed by atoms with Gasteiger partial charge in [0.2, 0.25) is 0 Å². The van der Waals surface area contributed by atoms with Gasteiger partial charge in [0, 0.05) is 18.5 Å². The maximum absolute atomic E-state index is 11.3. The summed E-state index contributed by atoms with van der Waals surface area (Å²) in [6.45, 7) is 6.58. The summed E-state index contributed by atoms with van der Waals surface area (Å²) in [6, 6.07) is 9.55. The monoisotopic (exact) mass is 272 g/mol. The zero-order valence-electron chi connectivity index (χ0n) is 12.1. The lowest BCUT2D eigenvalue weighted by Gasteiger charge is -2.30. The number of rotatable bonds is 5. The number of aldehydes is 1. The SMILES string of the molecule is CCN(CC(C)(C)O)c1nc2ccccc2cc1C=O. The highest BCUT2D eigenvalue weighted by atomic mass is 16.3. The molecule has 106 valence electrons. The van der Waals surface area contributed by atoms with Gasteiger partial charge in [0.1, 0.15) is 5.82 Å². The standard InChI is InChI=1S/C16H20N2O2/c1-4-18(11-16(2,3)20)15-13(10-19)9-12-7-5-6-8-14(12)17-15/h5-10,20H,4,11H2,1-3H3. The van der Waals surface area contributed by atoms with Crippen LogP contribution in [0, 0.1) is 0 Å². The molecule has 0 aliphatic carbocycles. The van der Waals surface area contributed by atoms with E-state index in [4.69, 9.17) is 0 Å². The minimum Gasteiger partial charge on any atom is -0.389 e. The number of anilines is 1. The van der Waals surface area contributed by atoms with Crippen molar-refractivity contribution in [2.24, 2.45) is 0 Å². The molecule has 0 spiro atoms. The number of carbonyl (C=O) groups excluding carboxylic acids is 1. The number of benzene rings is 1. The number of fused-ring (bicyclic) bond motifs is 1. The summed E-state index contributed by atoms with van der Waals surface area (Å²) in [5.41, 5.74) is 0.556. The van der Waals surface area contributed by atoms with Crippen LogP contribution in [-0.2, 0) is 0 Å². The summed E-state index contributed by atoms with van der Waals surface area (Å²) in [6.07, 6.45) is 0.821. The Morgan fingerprint density at radius 3 is 2.65 bits per heavy atom. The average Bonchev–Trinajstić information content (AvgIpc) is 2.42. The van der Waals surface area contributed by atoms with Crippen LogP contribution in [0.25, 0.3) is 10.9 Å². The van der Waals surface area contributed by atoms with E-state index in [2.05, 4.69) is 4.98 Å². The molecule has 0 fully saturated rings. The molecule has 2 rings (SSSR count). The lowest BCUT2D eigenvalue weighted by molar-refractivity contribution is 0.0872. The molecular weight excluding hydrogens is 252 g/mol. The minimum atomic E-state index is -0.844. The Morgan fingerprint density at radius 1 is 1.35 bits per heavy atom. The molecule has 4 heteroatoms. The molecule has 0 amide bonds. The van der Waals surface area contributed by atoms with Crippen LogP contribution in [0.2, 0.25) is 0 Å². The fraction of sp³-hybridized carbons (Fsp3) is 0.375. The van der Waals surface area contributed by atoms with Gasteiger partial charge < -0.3 is 10.0 Å². The molecule has 1 N–H and O–H groups in total. The number of carbonyl (C=O) groups is 1. The van der Waals surface area contributed by atoms with Crippen LogP contribution in [0.4, 0.5) is 5.82 Å². The molecule has 0 atom stereocenters. The van der Waals surface area contributed by atoms with Gasteiger partial charge in [0.15, 0.2) is 6.29 Å². The van der Waals surface area contributed by atoms with Crippen molar-refractivity contribution in [3.05, 3.63) is 35.9 Å². The number of aromatic nitrogens is 1. The van der Waals surface area contributed by atoms with Gasteiger partial charge >= 0.3 is 0 Å². The number of aliphatic hydroxyl groups is 1. The molecule has 0 radical (unpaired) electrons. The maximum atomic E-state index is 11.3. The summed E-state index contributed by atoms with van der Waals surface area (Å²) in [4.78, 5) is 17.8. The van der Waals surface area contributed by atoms with Crippen molar-refractivity contribution in [3.8, 4) is 0 Å². The van der Waals surface area contributed by atoms with Gasteiger partial charge in [-0.15, -0.1) is 0 Å². The molecule has 0 bridgehead atoms. The zero-order valence-corrected chi connectivity index (χ0v) is 12.1. The van der Waals surface area contributed by atoms with Crippen LogP contribution >= 0.6 is 0 Å². The largest absolute Gasteiger partial charge is 0.389 e. The van der Waals surface area contributed by atoms with E-state index >= 15 is 0 Å². The van der Waals surface area contributed by atoms with Crippen LogP contribution in [0.3, 0.4) is 0 Å². The molecule has 2 aromatic rings. The summed E-state index contributed by atoms with van der Waals surface area (Å²) in [5.74, 6) is 0.628. The van der Waals surface area contributed by atoms with Crippen LogP contribution < -0.4 is 4.90 Å². The predicted molar refractivity (Wildman–Crippen MR) is 81.3 cm³/mol. The number of hydrogen-bond donors (Lipinski definition) is 1. The second kappa shape index (κ2) is 5.59. The highest BCUT2D eigenvalue weighted by Gasteiger charge is 2.20. The summed E-state index contributed by atoms with van der Waals surface area (Å²) in [5, 5.41) is 10.9. The van der Waals surface area contributed by atoms with Crippen molar-refractivity contribution in [2.45, 2.75) is 26.4 Å². The molecule has 4 nitrogen and oxygen atoms in total. The van der Waals surface area contributed by atoms with Gasteiger partial charge in [-0.25, -0.2) is 4.98 Å². The topological polar surface area (TPSA) is 53.4 Å². The van der Waals surface area contributed by atoms with Crippen LogP contribution in [-0.4, -0.2) is 35.1 Å². The fourth-order valence-electron chi connectivity index (χ4n) is 2.27. The maximum Gasteiger partial charge on any atom is 0.153 e. The first-order valence-corrected chi connectivity index (χ1v) is 6.77. The van der Waals surface area contributed by atoms with E-state index in [1.807, 2.05) is 42.2 Å². The van der Waals surface area contributed by atoms with E-state index in [-0.39, 0.29) is 0 Å². The Labute approximate surface area is 119 Å². The van der Waals surface area contributed by atoms with Crippen molar-refractivity contribution in [1.82, 2.24) is 4.98 Å². The first-order chi connectivity index (χ1) is 9.44. The quantitative estimate of drug-likeness (QED) is 0.850. The molecule has 1 heterocycles. The first kappa shape index (κ1) is 14.5. The van der Waals surface area contributed by atoms with Crippen LogP contribution in [0.1, 0.15) is 31.1 Å². The number of para-hydroxylation sites is 1. The fourth-order valence-corrected chi connectivity index (χ4v) is 2.27. The molecule has 0 saturated carbocycles. The highest BCUT2D eigenvalue weighted by molar-refractivity contribution is 5.91. The minimum absolute atomic E-state index is 0.426. The van der Waals surface area contributed by atoms with Crippen molar-refractivity contribution >= 4 is 23.0 Å². The molecular formula is C16H20N2O2. The molecule has 20 heavy (non-hydrogen) atoms. The lowest BCUT2D eigenvalue weighted by atomic mass is 10.1. The van der Waals surface area contributed by atoms with Crippen molar-refractivity contribution in [3.63, 3.8) is 0 Å². The van der Waals surface area contributed by atoms with E-state index in [1.165, 1.54) is 0 Å². The average molecular weight is 272 g/mol.